The summed E-state index contributed by atoms with van der Waals surface area (Å²) in [5.74, 6) is -0.768. The van der Waals surface area contributed by atoms with Gasteiger partial charge in [-0.25, -0.2) is 8.42 Å². The van der Waals surface area contributed by atoms with E-state index in [1.165, 1.54) is 17.0 Å². The van der Waals surface area contributed by atoms with Crippen LogP contribution in [-0.2, 0) is 26.2 Å². The van der Waals surface area contributed by atoms with E-state index in [1.54, 1.807) is 36.4 Å². The predicted molar refractivity (Wildman–Crippen MR) is 161 cm³/mol. The minimum atomic E-state index is -4.14. The van der Waals surface area contributed by atoms with Crippen molar-refractivity contribution in [1.29, 1.82) is 0 Å². The number of carbonyl (C=O) groups is 2. The topological polar surface area (TPSA) is 86.8 Å². The Bertz CT molecular complexity index is 1410. The molecule has 0 saturated heterocycles. The fraction of sp³-hybridized carbons (Fsp3) is 0.355. The number of anilines is 1. The van der Waals surface area contributed by atoms with E-state index in [2.05, 4.69) is 5.32 Å². The molecule has 0 aliphatic carbocycles. The van der Waals surface area contributed by atoms with E-state index in [0.717, 1.165) is 27.4 Å². The molecule has 7 nitrogen and oxygen atoms in total. The van der Waals surface area contributed by atoms with Gasteiger partial charge in [0.15, 0.2) is 0 Å². The highest BCUT2D eigenvalue weighted by molar-refractivity contribution is 7.92. The van der Waals surface area contributed by atoms with E-state index in [9.17, 15) is 18.0 Å². The van der Waals surface area contributed by atoms with Crippen LogP contribution in [0, 0.1) is 13.8 Å². The third kappa shape index (κ3) is 7.64. The largest absolute Gasteiger partial charge is 0.352 e. The molecule has 2 amide bonds. The van der Waals surface area contributed by atoms with Crippen molar-refractivity contribution in [3.8, 4) is 0 Å². The molecule has 3 rings (SSSR count). The normalized spacial score (nSPS) is 12.8. The highest BCUT2D eigenvalue weighted by atomic mass is 35.5. The maximum absolute atomic E-state index is 14.1. The zero-order valence-corrected chi connectivity index (χ0v) is 25.3. The molecule has 0 heterocycles. The van der Waals surface area contributed by atoms with E-state index < -0.39 is 28.5 Å². The number of carbonyl (C=O) groups excluding carboxylic acids is 2. The van der Waals surface area contributed by atoms with E-state index in [-0.39, 0.29) is 29.1 Å². The van der Waals surface area contributed by atoms with Crippen LogP contribution in [0.1, 0.15) is 50.3 Å². The van der Waals surface area contributed by atoms with Gasteiger partial charge in [-0.2, -0.15) is 0 Å². The first-order valence-corrected chi connectivity index (χ1v) is 15.3. The average molecular weight is 584 g/mol. The molecule has 214 valence electrons. The molecule has 0 aliphatic rings. The van der Waals surface area contributed by atoms with Gasteiger partial charge < -0.3 is 10.2 Å². The highest BCUT2D eigenvalue weighted by Crippen LogP contribution is 2.28. The van der Waals surface area contributed by atoms with E-state index in [1.807, 2.05) is 58.9 Å². The first-order chi connectivity index (χ1) is 19.0. The number of rotatable bonds is 12. The van der Waals surface area contributed by atoms with Crippen molar-refractivity contribution >= 4 is 39.1 Å². The minimum absolute atomic E-state index is 0.0473. The second kappa shape index (κ2) is 13.8. The summed E-state index contributed by atoms with van der Waals surface area (Å²) < 4.78 is 28.8. The summed E-state index contributed by atoms with van der Waals surface area (Å²) >= 11 is 6.38. The van der Waals surface area contributed by atoms with E-state index in [0.29, 0.717) is 11.4 Å². The van der Waals surface area contributed by atoms with Gasteiger partial charge in [0.1, 0.15) is 12.6 Å². The fourth-order valence-corrected chi connectivity index (χ4v) is 5.84. The average Bonchev–Trinajstić information content (AvgIpc) is 2.94. The maximum Gasteiger partial charge on any atom is 0.264 e. The van der Waals surface area contributed by atoms with E-state index >= 15 is 0 Å². The fourth-order valence-electron chi connectivity index (χ4n) is 4.24. The van der Waals surface area contributed by atoms with Crippen molar-refractivity contribution < 1.29 is 18.0 Å². The molecular formula is C31H38ClN3O4S. The predicted octanol–water partition coefficient (Wildman–Crippen LogP) is 5.87. The number of sulfonamides is 1. The van der Waals surface area contributed by atoms with Gasteiger partial charge in [-0.15, -0.1) is 0 Å². The molecule has 0 unspecified atom stereocenters. The van der Waals surface area contributed by atoms with Crippen LogP contribution in [-0.4, -0.2) is 43.8 Å². The number of hydrogen-bond acceptors (Lipinski definition) is 4. The third-order valence-electron chi connectivity index (χ3n) is 6.91. The standard InChI is InChI=1S/C31H38ClN3O4S/c1-6-24(5)33-31(37)29(7-2)34(20-25-16-13-22(3)14-17-25)30(36)21-35(26-18-15-23(4)28(32)19-26)40(38,39)27-11-9-8-10-12-27/h8-19,24,29H,6-7,20-21H2,1-5H3,(H,33,37)/t24-,29-/m0/s1. The van der Waals surface area contributed by atoms with Crippen molar-refractivity contribution in [1.82, 2.24) is 10.2 Å². The van der Waals surface area contributed by atoms with Crippen LogP contribution in [0.2, 0.25) is 5.02 Å². The molecule has 1 N–H and O–H groups in total. The summed E-state index contributed by atoms with van der Waals surface area (Å²) in [6.07, 6.45) is 1.10. The summed E-state index contributed by atoms with van der Waals surface area (Å²) in [5.41, 5.74) is 2.95. The van der Waals surface area contributed by atoms with Crippen molar-refractivity contribution in [2.24, 2.45) is 0 Å². The van der Waals surface area contributed by atoms with Gasteiger partial charge in [-0.05, 0) is 69.0 Å². The zero-order valence-electron chi connectivity index (χ0n) is 23.7. The lowest BCUT2D eigenvalue weighted by Gasteiger charge is -2.33. The van der Waals surface area contributed by atoms with Gasteiger partial charge in [0.2, 0.25) is 11.8 Å². The van der Waals surface area contributed by atoms with Gasteiger partial charge in [0, 0.05) is 17.6 Å². The summed E-state index contributed by atoms with van der Waals surface area (Å²) in [4.78, 5) is 29.0. The van der Waals surface area contributed by atoms with Crippen LogP contribution in [0.3, 0.4) is 0 Å². The smallest absolute Gasteiger partial charge is 0.264 e. The first kappa shape index (κ1) is 31.2. The zero-order chi connectivity index (χ0) is 29.4. The van der Waals surface area contributed by atoms with Gasteiger partial charge in [-0.1, -0.05) is 79.5 Å². The molecule has 0 fully saturated rings. The van der Waals surface area contributed by atoms with Gasteiger partial charge in [0.05, 0.1) is 10.6 Å². The Morgan fingerprint density at radius 1 is 0.925 bits per heavy atom. The Morgan fingerprint density at radius 3 is 2.15 bits per heavy atom. The van der Waals surface area contributed by atoms with Crippen molar-refractivity contribution in [3.63, 3.8) is 0 Å². The molecule has 0 bridgehead atoms. The number of benzene rings is 3. The molecule has 0 aliphatic heterocycles. The van der Waals surface area contributed by atoms with Gasteiger partial charge >= 0.3 is 0 Å². The number of amides is 2. The highest BCUT2D eigenvalue weighted by Gasteiger charge is 2.34. The van der Waals surface area contributed by atoms with Crippen LogP contribution in [0.5, 0.6) is 0 Å². The van der Waals surface area contributed by atoms with Crippen LogP contribution >= 0.6 is 11.6 Å². The second-order valence-corrected chi connectivity index (χ2v) is 12.3. The monoisotopic (exact) mass is 583 g/mol. The Balaban J connectivity index is 2.06. The minimum Gasteiger partial charge on any atom is -0.352 e. The van der Waals surface area contributed by atoms with Crippen molar-refractivity contribution in [3.05, 3.63) is 94.5 Å². The number of aryl methyl sites for hydroxylation is 2. The summed E-state index contributed by atoms with van der Waals surface area (Å²) in [7, 11) is -4.14. The maximum atomic E-state index is 14.1. The SMILES string of the molecule is CC[C@H](C)NC(=O)[C@H](CC)N(Cc1ccc(C)cc1)C(=O)CN(c1ccc(C)c(Cl)c1)S(=O)(=O)c1ccccc1. The van der Waals surface area contributed by atoms with Crippen LogP contribution < -0.4 is 9.62 Å². The Hall–Kier alpha value is -3.36. The quantitative estimate of drug-likeness (QED) is 0.289. The molecule has 9 heteroatoms. The number of halogens is 1. The summed E-state index contributed by atoms with van der Waals surface area (Å²) in [6, 6.07) is 19.7. The molecule has 0 aromatic heterocycles. The molecule has 0 saturated carbocycles. The molecule has 0 radical (unpaired) electrons. The lowest BCUT2D eigenvalue weighted by atomic mass is 10.1. The third-order valence-corrected chi connectivity index (χ3v) is 9.11. The Labute approximate surface area is 243 Å². The molecule has 0 spiro atoms. The van der Waals surface area contributed by atoms with Crippen LogP contribution in [0.15, 0.2) is 77.7 Å². The van der Waals surface area contributed by atoms with Gasteiger partial charge in [-0.3, -0.25) is 13.9 Å². The molecule has 2 atom stereocenters. The molecule has 3 aromatic rings. The first-order valence-electron chi connectivity index (χ1n) is 13.5. The van der Waals surface area contributed by atoms with Crippen LogP contribution in [0.4, 0.5) is 5.69 Å². The Kier molecular flexibility index (Phi) is 10.8. The van der Waals surface area contributed by atoms with Crippen molar-refractivity contribution in [2.75, 3.05) is 10.8 Å². The lowest BCUT2D eigenvalue weighted by molar-refractivity contribution is -0.140. The van der Waals surface area contributed by atoms with Crippen LogP contribution in [0.25, 0.3) is 0 Å². The molecular weight excluding hydrogens is 546 g/mol. The van der Waals surface area contributed by atoms with E-state index in [4.69, 9.17) is 11.6 Å². The summed E-state index contributed by atoms with van der Waals surface area (Å²) in [5, 5.41) is 3.37. The Morgan fingerprint density at radius 2 is 1.57 bits per heavy atom. The number of nitrogens with zero attached hydrogens (tertiary/aromatic N) is 2. The van der Waals surface area contributed by atoms with Crippen molar-refractivity contribution in [2.45, 2.75) is 71.0 Å². The number of nitrogens with one attached hydrogen (secondary N) is 1. The second-order valence-electron chi connectivity index (χ2n) is 10.0. The lowest BCUT2D eigenvalue weighted by Crippen LogP contribution is -2.53. The molecule has 40 heavy (non-hydrogen) atoms. The number of hydrogen-bond donors (Lipinski definition) is 1. The van der Waals surface area contributed by atoms with Gasteiger partial charge in [0.25, 0.3) is 10.0 Å². The summed E-state index contributed by atoms with van der Waals surface area (Å²) in [6.45, 7) is 9.16. The molecule has 3 aromatic carbocycles.